The topological polar surface area (TPSA) is 86.2 Å². The molecule has 6 heteroatoms. The van der Waals surface area contributed by atoms with Crippen LogP contribution in [0.2, 0.25) is 0 Å². The van der Waals surface area contributed by atoms with Crippen LogP contribution in [0.1, 0.15) is 58.4 Å². The fraction of sp³-hybridized carbons (Fsp3) is 0.304. The van der Waals surface area contributed by atoms with Gasteiger partial charge in [-0.2, -0.15) is 0 Å². The molecule has 1 unspecified atom stereocenters. The van der Waals surface area contributed by atoms with Crippen molar-refractivity contribution in [2.45, 2.75) is 31.1 Å². The first-order valence-corrected chi connectivity index (χ1v) is 9.78. The van der Waals surface area contributed by atoms with Crippen LogP contribution in [0.3, 0.4) is 0 Å². The molecule has 1 saturated heterocycles. The van der Waals surface area contributed by atoms with E-state index in [9.17, 15) is 14.3 Å². The molecule has 1 spiro atoms. The maximum Gasteiger partial charge on any atom is 0.195 e. The molecule has 5 nitrogen and oxygen atoms in total. The van der Waals surface area contributed by atoms with Gasteiger partial charge in [0.15, 0.2) is 17.3 Å². The van der Waals surface area contributed by atoms with Crippen molar-refractivity contribution >= 4 is 22.9 Å². The minimum absolute atomic E-state index is 0.0317. The highest BCUT2D eigenvalue weighted by Crippen LogP contribution is 2.50. The fourth-order valence-electron chi connectivity index (χ4n) is 4.84. The van der Waals surface area contributed by atoms with Crippen LogP contribution in [0.4, 0.5) is 4.39 Å². The number of hydrogen-bond donors (Lipinski definition) is 3. The van der Waals surface area contributed by atoms with Crippen LogP contribution in [0.25, 0.3) is 10.9 Å². The minimum atomic E-state index is -0.787. The number of carbonyl (C=O) groups excluding carboxylic acids is 1. The molecule has 2 heterocycles. The van der Waals surface area contributed by atoms with E-state index in [1.165, 1.54) is 12.3 Å². The lowest BCUT2D eigenvalue weighted by Gasteiger charge is -2.41. The van der Waals surface area contributed by atoms with Crippen LogP contribution in [0, 0.1) is 11.2 Å². The summed E-state index contributed by atoms with van der Waals surface area (Å²) in [5.41, 5.74) is 3.66. The molecule has 29 heavy (non-hydrogen) atoms. The third kappa shape index (κ3) is 2.42. The Morgan fingerprint density at radius 1 is 1.28 bits per heavy atom. The van der Waals surface area contributed by atoms with E-state index >= 15 is 0 Å². The van der Waals surface area contributed by atoms with Gasteiger partial charge in [0, 0.05) is 52.9 Å². The maximum atomic E-state index is 14.2. The Hall–Kier alpha value is -2.99. The summed E-state index contributed by atoms with van der Waals surface area (Å²) in [4.78, 5) is 16.9. The third-order valence-electron chi connectivity index (χ3n) is 6.50. The Kier molecular flexibility index (Phi) is 3.90. The Labute approximate surface area is 167 Å². The zero-order chi connectivity index (χ0) is 20.3. The summed E-state index contributed by atoms with van der Waals surface area (Å²) in [6, 6.07) is 8.39. The molecule has 3 N–H and O–H groups in total. The molecule has 148 valence electrons. The molecular formula is C23H21FN2O3. The summed E-state index contributed by atoms with van der Waals surface area (Å²) in [6.45, 7) is 3.00. The van der Waals surface area contributed by atoms with Gasteiger partial charge in [-0.3, -0.25) is 4.79 Å². The summed E-state index contributed by atoms with van der Waals surface area (Å²) < 4.78 is 19.8. The molecule has 2 aliphatic rings. The summed E-state index contributed by atoms with van der Waals surface area (Å²) in [5, 5.41) is 18.4. The molecule has 0 saturated carbocycles. The van der Waals surface area contributed by atoms with Crippen LogP contribution in [-0.2, 0) is 10.2 Å². The van der Waals surface area contributed by atoms with Gasteiger partial charge >= 0.3 is 0 Å². The number of aromatic amines is 1. The number of aromatic nitrogens is 1. The first-order valence-electron chi connectivity index (χ1n) is 9.78. The zero-order valence-corrected chi connectivity index (χ0v) is 16.0. The van der Waals surface area contributed by atoms with E-state index in [-0.39, 0.29) is 11.7 Å². The van der Waals surface area contributed by atoms with E-state index in [1.807, 2.05) is 25.1 Å². The van der Waals surface area contributed by atoms with E-state index in [0.29, 0.717) is 42.7 Å². The summed E-state index contributed by atoms with van der Waals surface area (Å²) >= 11 is 0. The predicted molar refractivity (Wildman–Crippen MR) is 108 cm³/mol. The zero-order valence-electron chi connectivity index (χ0n) is 16.0. The Bertz CT molecular complexity index is 1170. The maximum absolute atomic E-state index is 14.2. The molecule has 0 amide bonds. The van der Waals surface area contributed by atoms with Gasteiger partial charge in [-0.1, -0.05) is 19.1 Å². The van der Waals surface area contributed by atoms with Crippen LogP contribution in [0.15, 0.2) is 30.3 Å². The summed E-state index contributed by atoms with van der Waals surface area (Å²) in [6.07, 6.45) is 2.67. The first kappa shape index (κ1) is 18.1. The second-order valence-corrected chi connectivity index (χ2v) is 8.01. The monoisotopic (exact) mass is 392 g/mol. The number of hydrogen-bond acceptors (Lipinski definition) is 4. The number of H-pyrrole nitrogens is 1. The molecule has 1 aliphatic carbocycles. The van der Waals surface area contributed by atoms with Gasteiger partial charge in [-0.05, 0) is 42.2 Å². The van der Waals surface area contributed by atoms with E-state index in [0.717, 1.165) is 28.2 Å². The molecule has 1 fully saturated rings. The number of fused-ring (bicyclic) bond motifs is 6. The normalized spacial score (nSPS) is 18.5. The van der Waals surface area contributed by atoms with Gasteiger partial charge in [-0.25, -0.2) is 4.39 Å². The molecule has 1 aromatic heterocycles. The lowest BCUT2D eigenvalue weighted by molar-refractivity contribution is 0.0601. The standard InChI is InChI=1S/C23H21FN2O3/c1-12(11-25)13-2-3-14-18(8-13)26-22-20(14)21(28)15-9-17(24)19(27)10-16(15)23(22)4-6-29-7-5-23/h2-3,8-12,25-27H,4-7H2,1H3. The quantitative estimate of drug-likeness (QED) is 0.565. The summed E-state index contributed by atoms with van der Waals surface area (Å²) in [5.74, 6) is -1.49. The van der Waals surface area contributed by atoms with E-state index < -0.39 is 17.0 Å². The number of ketones is 1. The van der Waals surface area contributed by atoms with Crippen LogP contribution < -0.4 is 0 Å². The number of nitrogens with one attached hydrogen (secondary N) is 2. The smallest absolute Gasteiger partial charge is 0.195 e. The highest BCUT2D eigenvalue weighted by molar-refractivity contribution is 6.20. The SMILES string of the molecule is CC(C=N)c1ccc2c3c([nH]c2c1)C1(CCOCC1)c1cc(O)c(F)cc1C3=O. The molecule has 0 bridgehead atoms. The molecule has 1 aliphatic heterocycles. The van der Waals surface area contributed by atoms with Crippen molar-refractivity contribution in [2.24, 2.45) is 0 Å². The van der Waals surface area contributed by atoms with Gasteiger partial charge in [0.1, 0.15) is 0 Å². The van der Waals surface area contributed by atoms with Crippen molar-refractivity contribution < 1.29 is 19.0 Å². The molecule has 1 atom stereocenters. The lowest BCUT2D eigenvalue weighted by atomic mass is 9.64. The average Bonchev–Trinajstić information content (AvgIpc) is 3.13. The van der Waals surface area contributed by atoms with Gasteiger partial charge in [0.05, 0.1) is 5.56 Å². The second-order valence-electron chi connectivity index (χ2n) is 8.01. The Balaban J connectivity index is 1.82. The number of phenolic OH excluding ortho intramolecular Hbond substituents is 1. The van der Waals surface area contributed by atoms with Gasteiger partial charge in [-0.15, -0.1) is 0 Å². The lowest BCUT2D eigenvalue weighted by Crippen LogP contribution is -2.40. The average molecular weight is 392 g/mol. The third-order valence-corrected chi connectivity index (χ3v) is 6.50. The van der Waals surface area contributed by atoms with Crippen LogP contribution >= 0.6 is 0 Å². The van der Waals surface area contributed by atoms with Crippen molar-refractivity contribution in [1.29, 1.82) is 5.41 Å². The Morgan fingerprint density at radius 2 is 2.03 bits per heavy atom. The van der Waals surface area contributed by atoms with Crippen molar-refractivity contribution in [3.05, 3.63) is 64.1 Å². The van der Waals surface area contributed by atoms with E-state index in [4.69, 9.17) is 10.1 Å². The van der Waals surface area contributed by atoms with E-state index in [1.54, 1.807) is 0 Å². The largest absolute Gasteiger partial charge is 0.505 e. The van der Waals surface area contributed by atoms with Crippen molar-refractivity contribution in [2.75, 3.05) is 13.2 Å². The number of halogens is 1. The molecule has 0 radical (unpaired) electrons. The minimum Gasteiger partial charge on any atom is -0.505 e. The van der Waals surface area contributed by atoms with Gasteiger partial charge < -0.3 is 20.2 Å². The molecular weight excluding hydrogens is 371 g/mol. The van der Waals surface area contributed by atoms with E-state index in [2.05, 4.69) is 4.98 Å². The number of ether oxygens (including phenoxy) is 1. The number of aromatic hydroxyl groups is 1. The number of benzene rings is 2. The highest BCUT2D eigenvalue weighted by atomic mass is 19.1. The van der Waals surface area contributed by atoms with Gasteiger partial charge in [0.25, 0.3) is 0 Å². The van der Waals surface area contributed by atoms with Crippen molar-refractivity contribution in [1.82, 2.24) is 4.98 Å². The summed E-state index contributed by atoms with van der Waals surface area (Å²) in [7, 11) is 0. The second kappa shape index (κ2) is 6.26. The molecule has 2 aromatic carbocycles. The van der Waals surface area contributed by atoms with Gasteiger partial charge in [0.2, 0.25) is 0 Å². The molecule has 5 rings (SSSR count). The fourth-order valence-corrected chi connectivity index (χ4v) is 4.84. The first-order chi connectivity index (χ1) is 14.0. The molecule has 3 aromatic rings. The predicted octanol–water partition coefficient (Wildman–Crippen LogP) is 4.41. The highest BCUT2D eigenvalue weighted by Gasteiger charge is 2.47. The number of carbonyl (C=O) groups is 1. The van der Waals surface area contributed by atoms with Crippen molar-refractivity contribution in [3.63, 3.8) is 0 Å². The Morgan fingerprint density at radius 3 is 2.76 bits per heavy atom. The number of phenols is 1. The number of rotatable bonds is 2. The van der Waals surface area contributed by atoms with Crippen molar-refractivity contribution in [3.8, 4) is 5.75 Å². The van der Waals surface area contributed by atoms with Crippen LogP contribution in [-0.4, -0.2) is 35.3 Å². The van der Waals surface area contributed by atoms with Crippen LogP contribution in [0.5, 0.6) is 5.75 Å².